The van der Waals surface area contributed by atoms with E-state index in [9.17, 15) is 9.59 Å². The van der Waals surface area contributed by atoms with Gasteiger partial charge in [-0.05, 0) is 44.2 Å². The monoisotopic (exact) mass is 367 g/mol. The van der Waals surface area contributed by atoms with Crippen molar-refractivity contribution < 1.29 is 19.1 Å². The molecule has 0 atom stereocenters. The highest BCUT2D eigenvalue weighted by Crippen LogP contribution is 2.29. The predicted octanol–water partition coefficient (Wildman–Crippen LogP) is 3.11. The average molecular weight is 367 g/mol. The average Bonchev–Trinajstić information content (AvgIpc) is 2.97. The Bertz CT molecular complexity index is 982. The van der Waals surface area contributed by atoms with Crippen LogP contribution in [0.4, 0.5) is 5.69 Å². The Morgan fingerprint density at radius 3 is 2.48 bits per heavy atom. The maximum absolute atomic E-state index is 12.5. The molecule has 0 amide bonds. The smallest absolute Gasteiger partial charge is 0.355 e. The van der Waals surface area contributed by atoms with Crippen LogP contribution in [-0.2, 0) is 19.1 Å². The Morgan fingerprint density at radius 1 is 1.07 bits per heavy atom. The van der Waals surface area contributed by atoms with Crippen molar-refractivity contribution >= 4 is 28.5 Å². The fourth-order valence-electron chi connectivity index (χ4n) is 2.97. The molecule has 7 nitrogen and oxygen atoms in total. The number of esters is 2. The molecular weight excluding hydrogens is 346 g/mol. The van der Waals surface area contributed by atoms with Crippen molar-refractivity contribution in [1.29, 1.82) is 0 Å². The Morgan fingerprint density at radius 2 is 1.81 bits per heavy atom. The third-order valence-electron chi connectivity index (χ3n) is 4.24. The minimum Gasteiger partial charge on any atom is -0.465 e. The van der Waals surface area contributed by atoms with Gasteiger partial charge in [-0.15, -0.1) is 0 Å². The number of methoxy groups -OCH3 is 2. The summed E-state index contributed by atoms with van der Waals surface area (Å²) in [5.41, 5.74) is 1.90. The highest BCUT2D eigenvalue weighted by Gasteiger charge is 2.27. The molecule has 0 spiro atoms. The highest BCUT2D eigenvalue weighted by atomic mass is 16.5. The molecule has 0 saturated carbocycles. The lowest BCUT2D eigenvalue weighted by Gasteiger charge is -2.23. The second-order valence-electron chi connectivity index (χ2n) is 6.24. The van der Waals surface area contributed by atoms with Crippen molar-refractivity contribution in [2.45, 2.75) is 19.9 Å². The molecule has 140 valence electrons. The van der Waals surface area contributed by atoms with Gasteiger partial charge in [-0.3, -0.25) is 4.68 Å². The van der Waals surface area contributed by atoms with E-state index in [2.05, 4.69) is 18.9 Å². The van der Waals surface area contributed by atoms with Crippen LogP contribution in [0.5, 0.6) is 0 Å². The molecule has 1 aliphatic rings. The summed E-state index contributed by atoms with van der Waals surface area (Å²) in [5.74, 6) is -1.25. The maximum Gasteiger partial charge on any atom is 0.355 e. The molecule has 0 unspecified atom stereocenters. The lowest BCUT2D eigenvalue weighted by molar-refractivity contribution is -0.139. The van der Waals surface area contributed by atoms with E-state index < -0.39 is 11.9 Å². The van der Waals surface area contributed by atoms with Crippen molar-refractivity contribution in [3.8, 4) is 0 Å². The molecule has 0 N–H and O–H groups in total. The molecule has 27 heavy (non-hydrogen) atoms. The molecule has 2 aromatic rings. The van der Waals surface area contributed by atoms with Gasteiger partial charge in [0.2, 0.25) is 0 Å². The zero-order valence-electron chi connectivity index (χ0n) is 15.7. The fraction of sp³-hybridized carbons (Fsp3) is 0.250. The first kappa shape index (κ1) is 18.4. The van der Waals surface area contributed by atoms with E-state index in [1.165, 1.54) is 20.3 Å². The number of aromatic nitrogens is 2. The summed E-state index contributed by atoms with van der Waals surface area (Å²) in [6, 6.07) is 5.95. The number of hydrogen-bond acceptors (Lipinski definition) is 6. The normalized spacial score (nSPS) is 14.0. The van der Waals surface area contributed by atoms with Crippen LogP contribution in [0.15, 0.2) is 60.1 Å². The minimum absolute atomic E-state index is 0.0879. The van der Waals surface area contributed by atoms with Gasteiger partial charge >= 0.3 is 11.9 Å². The van der Waals surface area contributed by atoms with Gasteiger partial charge in [-0.25, -0.2) is 9.59 Å². The maximum atomic E-state index is 12.5. The fourth-order valence-corrected chi connectivity index (χ4v) is 2.97. The van der Waals surface area contributed by atoms with Crippen LogP contribution in [0.25, 0.3) is 10.9 Å². The molecule has 3 rings (SSSR count). The Kier molecular flexibility index (Phi) is 5.12. The van der Waals surface area contributed by atoms with Crippen molar-refractivity contribution in [3.05, 3.63) is 60.1 Å². The van der Waals surface area contributed by atoms with Crippen LogP contribution in [0.2, 0.25) is 0 Å². The van der Waals surface area contributed by atoms with Crippen molar-refractivity contribution in [3.63, 3.8) is 0 Å². The highest BCUT2D eigenvalue weighted by molar-refractivity contribution is 6.05. The quantitative estimate of drug-likeness (QED) is 0.773. The molecule has 1 aromatic heterocycles. The molecule has 7 heteroatoms. The third-order valence-corrected chi connectivity index (χ3v) is 4.24. The van der Waals surface area contributed by atoms with Crippen molar-refractivity contribution in [2.75, 3.05) is 19.1 Å². The van der Waals surface area contributed by atoms with Crippen LogP contribution in [0.1, 0.15) is 19.9 Å². The molecule has 1 aromatic carbocycles. The first-order valence-corrected chi connectivity index (χ1v) is 8.50. The van der Waals surface area contributed by atoms with E-state index in [1.54, 1.807) is 29.4 Å². The molecule has 0 fully saturated rings. The molecule has 0 saturated heterocycles. The summed E-state index contributed by atoms with van der Waals surface area (Å²) in [7, 11) is 2.55. The number of benzene rings is 1. The Labute approximate surface area is 157 Å². The third kappa shape index (κ3) is 3.36. The standard InChI is InChI=1S/C20H21N3O4/c1-13(2)23-17-9-8-15(11-14(17)12-21-23)22-10-6-5-7-16(19(24)26-3)18(22)20(25)27-4/h5-13H,1-4H3. The van der Waals surface area contributed by atoms with Crippen LogP contribution in [0.3, 0.4) is 0 Å². The first-order chi connectivity index (χ1) is 13.0. The van der Waals surface area contributed by atoms with Gasteiger partial charge in [0.15, 0.2) is 0 Å². The molecule has 0 bridgehead atoms. The van der Waals surface area contributed by atoms with Gasteiger partial charge in [0.25, 0.3) is 0 Å². The zero-order valence-corrected chi connectivity index (χ0v) is 15.7. The van der Waals surface area contributed by atoms with Gasteiger partial charge in [-0.2, -0.15) is 5.10 Å². The number of rotatable bonds is 4. The van der Waals surface area contributed by atoms with E-state index in [0.29, 0.717) is 5.69 Å². The van der Waals surface area contributed by atoms with Crippen LogP contribution in [-0.4, -0.2) is 35.9 Å². The summed E-state index contributed by atoms with van der Waals surface area (Å²) in [6.07, 6.45) is 8.42. The van der Waals surface area contributed by atoms with E-state index in [1.807, 2.05) is 22.9 Å². The van der Waals surface area contributed by atoms with Crippen molar-refractivity contribution in [1.82, 2.24) is 9.78 Å². The van der Waals surface area contributed by atoms with Crippen molar-refractivity contribution in [2.24, 2.45) is 0 Å². The van der Waals surface area contributed by atoms with E-state index in [0.717, 1.165) is 10.9 Å². The molecular formula is C20H21N3O4. The number of carbonyl (C=O) groups excluding carboxylic acids is 2. The minimum atomic E-state index is -0.635. The summed E-state index contributed by atoms with van der Waals surface area (Å²) < 4.78 is 11.7. The summed E-state index contributed by atoms with van der Waals surface area (Å²) in [5, 5.41) is 5.34. The zero-order chi connectivity index (χ0) is 19.6. The van der Waals surface area contributed by atoms with Gasteiger partial charge < -0.3 is 14.4 Å². The molecule has 1 aliphatic heterocycles. The van der Waals surface area contributed by atoms with Gasteiger partial charge in [0.1, 0.15) is 5.70 Å². The predicted molar refractivity (Wildman–Crippen MR) is 102 cm³/mol. The van der Waals surface area contributed by atoms with Crippen LogP contribution < -0.4 is 4.90 Å². The Hall–Kier alpha value is -3.35. The molecule has 0 aliphatic carbocycles. The topological polar surface area (TPSA) is 73.7 Å². The number of allylic oxidation sites excluding steroid dienone is 2. The SMILES string of the molecule is COC(=O)C1=C(C(=O)OC)N(c2ccc3c(cnn3C(C)C)c2)C=CC=C1. The lowest BCUT2D eigenvalue weighted by Crippen LogP contribution is -2.26. The Balaban J connectivity index is 2.16. The number of fused-ring (bicyclic) bond motifs is 1. The number of nitrogens with zero attached hydrogens (tertiary/aromatic N) is 3. The van der Waals surface area contributed by atoms with Gasteiger partial charge in [0, 0.05) is 23.3 Å². The summed E-state index contributed by atoms with van der Waals surface area (Å²) in [6.45, 7) is 4.12. The van der Waals surface area contributed by atoms with Gasteiger partial charge in [-0.1, -0.05) is 6.08 Å². The number of ether oxygens (including phenoxy) is 2. The second kappa shape index (κ2) is 7.49. The first-order valence-electron chi connectivity index (χ1n) is 8.50. The summed E-state index contributed by atoms with van der Waals surface area (Å²) in [4.78, 5) is 26.3. The van der Waals surface area contributed by atoms with Gasteiger partial charge in [0.05, 0.1) is 31.5 Å². The number of anilines is 1. The molecule has 0 radical (unpaired) electrons. The molecule has 2 heterocycles. The largest absolute Gasteiger partial charge is 0.465 e. The van der Waals surface area contributed by atoms with E-state index in [-0.39, 0.29) is 17.3 Å². The lowest BCUT2D eigenvalue weighted by atomic mass is 10.1. The van der Waals surface area contributed by atoms with Crippen LogP contribution in [0, 0.1) is 0 Å². The second-order valence-corrected chi connectivity index (χ2v) is 6.24. The van der Waals surface area contributed by atoms with E-state index in [4.69, 9.17) is 9.47 Å². The number of hydrogen-bond donors (Lipinski definition) is 0. The van der Waals surface area contributed by atoms with E-state index >= 15 is 0 Å². The van der Waals surface area contributed by atoms with Crippen LogP contribution >= 0.6 is 0 Å². The summed E-state index contributed by atoms with van der Waals surface area (Å²) >= 11 is 0. The number of carbonyl (C=O) groups is 2.